The molecule has 0 bridgehead atoms. The van der Waals surface area contributed by atoms with E-state index < -0.39 is 0 Å². The van der Waals surface area contributed by atoms with Crippen LogP contribution in [0.5, 0.6) is 0 Å². The van der Waals surface area contributed by atoms with Crippen molar-refractivity contribution >= 4 is 16.7 Å². The highest BCUT2D eigenvalue weighted by Crippen LogP contribution is 2.39. The molecule has 132 valence electrons. The quantitative estimate of drug-likeness (QED) is 0.666. The van der Waals surface area contributed by atoms with Crippen molar-refractivity contribution < 1.29 is 0 Å². The van der Waals surface area contributed by atoms with Crippen molar-refractivity contribution in [2.24, 2.45) is 5.92 Å². The van der Waals surface area contributed by atoms with Gasteiger partial charge in [-0.1, -0.05) is 25.0 Å². The molecule has 2 aliphatic rings. The lowest BCUT2D eigenvalue weighted by Crippen LogP contribution is -2.47. The Morgan fingerprint density at radius 2 is 1.77 bits per heavy atom. The van der Waals surface area contributed by atoms with Gasteiger partial charge in [0.05, 0.1) is 5.52 Å². The Kier molecular flexibility index (Phi) is 4.04. The Balaban J connectivity index is 1.66. The largest absolute Gasteiger partial charge is 0.353 e. The van der Waals surface area contributed by atoms with Crippen LogP contribution in [0.3, 0.4) is 0 Å². The van der Waals surface area contributed by atoms with Gasteiger partial charge in [-0.15, -0.1) is 0 Å². The Hall–Kier alpha value is -2.49. The lowest BCUT2D eigenvalue weighted by Gasteiger charge is -2.45. The molecule has 1 saturated heterocycles. The fourth-order valence-electron chi connectivity index (χ4n) is 4.79. The molecule has 0 unspecified atom stereocenters. The summed E-state index contributed by atoms with van der Waals surface area (Å²) in [6.07, 6.45) is 11.7. The summed E-state index contributed by atoms with van der Waals surface area (Å²) in [5.74, 6) is 2.73. The van der Waals surface area contributed by atoms with Crippen LogP contribution < -0.4 is 4.90 Å². The average Bonchev–Trinajstić information content (AvgIpc) is 2.73. The zero-order chi connectivity index (χ0) is 17.3. The lowest BCUT2D eigenvalue weighted by atomic mass is 9.78. The van der Waals surface area contributed by atoms with Gasteiger partial charge < -0.3 is 4.90 Å². The summed E-state index contributed by atoms with van der Waals surface area (Å²) in [4.78, 5) is 16.7. The molecule has 26 heavy (non-hydrogen) atoms. The summed E-state index contributed by atoms with van der Waals surface area (Å²) in [6.45, 7) is 1.11. The van der Waals surface area contributed by atoms with Crippen molar-refractivity contribution in [1.29, 1.82) is 0 Å². The maximum absolute atomic E-state index is 5.06. The number of anilines is 1. The minimum atomic E-state index is 0.637. The first-order chi connectivity index (χ1) is 12.9. The zero-order valence-corrected chi connectivity index (χ0v) is 15.0. The van der Waals surface area contributed by atoms with Crippen LogP contribution in [0, 0.1) is 5.92 Å². The number of para-hydroxylation sites is 1. The number of piperidine rings is 1. The molecule has 4 heteroatoms. The highest BCUT2D eigenvalue weighted by atomic mass is 15.2. The van der Waals surface area contributed by atoms with E-state index in [1.165, 1.54) is 43.9 Å². The maximum Gasteiger partial charge on any atom is 0.163 e. The predicted molar refractivity (Wildman–Crippen MR) is 105 cm³/mol. The molecular weight excluding hydrogens is 320 g/mol. The van der Waals surface area contributed by atoms with Crippen LogP contribution in [0.4, 0.5) is 5.82 Å². The van der Waals surface area contributed by atoms with E-state index in [4.69, 9.17) is 9.97 Å². The number of hydrogen-bond acceptors (Lipinski definition) is 4. The summed E-state index contributed by atoms with van der Waals surface area (Å²) in [6, 6.07) is 13.1. The SMILES string of the molecule is c1cncc(-c2nc(N3CCC[C@@H]4CCCC[C@H]43)c3ccccc3n2)c1. The third-order valence-electron chi connectivity index (χ3n) is 6.02. The number of hydrogen-bond donors (Lipinski definition) is 0. The van der Waals surface area contributed by atoms with Gasteiger partial charge in [0.15, 0.2) is 5.82 Å². The smallest absolute Gasteiger partial charge is 0.163 e. The third kappa shape index (κ3) is 2.74. The van der Waals surface area contributed by atoms with Crippen molar-refractivity contribution in [3.63, 3.8) is 0 Å². The van der Waals surface area contributed by atoms with Crippen LogP contribution >= 0.6 is 0 Å². The normalized spacial score (nSPS) is 23.0. The molecule has 2 aromatic heterocycles. The Morgan fingerprint density at radius 3 is 2.69 bits per heavy atom. The summed E-state index contributed by atoms with van der Waals surface area (Å²) in [5, 5.41) is 1.17. The highest BCUT2D eigenvalue weighted by molar-refractivity contribution is 5.91. The average molecular weight is 344 g/mol. The van der Waals surface area contributed by atoms with Gasteiger partial charge in [-0.2, -0.15) is 0 Å². The maximum atomic E-state index is 5.06. The summed E-state index contributed by atoms with van der Waals surface area (Å²) in [7, 11) is 0. The number of benzene rings is 1. The molecule has 3 heterocycles. The molecule has 1 aliphatic carbocycles. The summed E-state index contributed by atoms with van der Waals surface area (Å²) >= 11 is 0. The van der Waals surface area contributed by atoms with Crippen molar-refractivity contribution in [1.82, 2.24) is 15.0 Å². The molecule has 5 rings (SSSR count). The van der Waals surface area contributed by atoms with E-state index in [1.54, 1.807) is 6.20 Å². The Morgan fingerprint density at radius 1 is 0.885 bits per heavy atom. The zero-order valence-electron chi connectivity index (χ0n) is 15.0. The molecular formula is C22H24N4. The van der Waals surface area contributed by atoms with Crippen LogP contribution in [0.1, 0.15) is 38.5 Å². The van der Waals surface area contributed by atoms with Crippen LogP contribution in [-0.2, 0) is 0 Å². The number of rotatable bonds is 2. The van der Waals surface area contributed by atoms with Crippen LogP contribution in [0.2, 0.25) is 0 Å². The van der Waals surface area contributed by atoms with E-state index in [2.05, 4.69) is 34.1 Å². The number of nitrogens with zero attached hydrogens (tertiary/aromatic N) is 4. The van der Waals surface area contributed by atoms with Gasteiger partial charge in [-0.05, 0) is 55.9 Å². The monoisotopic (exact) mass is 344 g/mol. The van der Waals surface area contributed by atoms with E-state index in [-0.39, 0.29) is 0 Å². The van der Waals surface area contributed by atoms with E-state index in [0.717, 1.165) is 35.2 Å². The van der Waals surface area contributed by atoms with Gasteiger partial charge in [-0.3, -0.25) is 4.98 Å². The number of fused-ring (bicyclic) bond motifs is 2. The molecule has 4 nitrogen and oxygen atoms in total. The topological polar surface area (TPSA) is 41.9 Å². The number of aromatic nitrogens is 3. The predicted octanol–water partition coefficient (Wildman–Crippen LogP) is 4.85. The Bertz CT molecular complexity index is 906. The molecule has 1 aliphatic heterocycles. The first-order valence-electron chi connectivity index (χ1n) is 9.84. The molecule has 0 amide bonds. The first-order valence-corrected chi connectivity index (χ1v) is 9.84. The van der Waals surface area contributed by atoms with Gasteiger partial charge in [0.2, 0.25) is 0 Å². The minimum absolute atomic E-state index is 0.637. The molecule has 0 N–H and O–H groups in total. The fraction of sp³-hybridized carbons (Fsp3) is 0.409. The van der Waals surface area contributed by atoms with Crippen molar-refractivity contribution in [2.75, 3.05) is 11.4 Å². The molecule has 3 aromatic rings. The highest BCUT2D eigenvalue weighted by Gasteiger charge is 2.34. The Labute approximate surface area is 154 Å². The summed E-state index contributed by atoms with van der Waals surface area (Å²) in [5.41, 5.74) is 2.01. The lowest BCUT2D eigenvalue weighted by molar-refractivity contribution is 0.243. The number of pyridine rings is 1. The first kappa shape index (κ1) is 15.7. The second-order valence-electron chi connectivity index (χ2n) is 7.58. The molecule has 1 aromatic carbocycles. The fourth-order valence-corrected chi connectivity index (χ4v) is 4.79. The van der Waals surface area contributed by atoms with E-state index in [0.29, 0.717) is 6.04 Å². The van der Waals surface area contributed by atoms with E-state index in [9.17, 15) is 0 Å². The van der Waals surface area contributed by atoms with Gasteiger partial charge in [-0.25, -0.2) is 9.97 Å². The second kappa shape index (κ2) is 6.67. The van der Waals surface area contributed by atoms with Crippen LogP contribution in [0.25, 0.3) is 22.3 Å². The molecule has 1 saturated carbocycles. The van der Waals surface area contributed by atoms with Crippen molar-refractivity contribution in [2.45, 2.75) is 44.6 Å². The van der Waals surface area contributed by atoms with Crippen LogP contribution in [0.15, 0.2) is 48.8 Å². The van der Waals surface area contributed by atoms with Gasteiger partial charge in [0.25, 0.3) is 0 Å². The molecule has 0 radical (unpaired) electrons. The van der Waals surface area contributed by atoms with Crippen LogP contribution in [-0.4, -0.2) is 27.5 Å². The molecule has 0 spiro atoms. The second-order valence-corrected chi connectivity index (χ2v) is 7.58. The standard InChI is InChI=1S/C22H24N4/c1-4-12-20-16(7-1)9-6-14-26(20)22-18-10-2-3-11-19(18)24-21(25-22)17-8-5-13-23-15-17/h2-3,5,8,10-11,13,15-16,20H,1,4,6-7,9,12,14H2/t16-,20+/m0/s1. The minimum Gasteiger partial charge on any atom is -0.353 e. The molecule has 2 fully saturated rings. The van der Waals surface area contributed by atoms with Crippen molar-refractivity contribution in [3.8, 4) is 11.4 Å². The summed E-state index contributed by atoms with van der Waals surface area (Å²) < 4.78 is 0. The van der Waals surface area contributed by atoms with E-state index in [1.807, 2.05) is 18.3 Å². The van der Waals surface area contributed by atoms with Gasteiger partial charge >= 0.3 is 0 Å². The van der Waals surface area contributed by atoms with Gasteiger partial charge in [0.1, 0.15) is 5.82 Å². The van der Waals surface area contributed by atoms with Crippen molar-refractivity contribution in [3.05, 3.63) is 48.8 Å². The van der Waals surface area contributed by atoms with Gasteiger partial charge in [0, 0.05) is 35.9 Å². The van der Waals surface area contributed by atoms with E-state index >= 15 is 0 Å². The third-order valence-corrected chi connectivity index (χ3v) is 6.02. The molecule has 2 atom stereocenters.